The number of nitrogens with one attached hydrogen (secondary N) is 2. The molecule has 2 aromatic rings. The Labute approximate surface area is 109 Å². The monoisotopic (exact) mass is 245 g/mol. The maximum atomic E-state index is 3.59. The van der Waals surface area contributed by atoms with Gasteiger partial charge >= 0.3 is 0 Å². The second kappa shape index (κ2) is 6.03. The number of hydrogen-bond acceptors (Lipinski definition) is 2. The Morgan fingerprint density at radius 2 is 2.06 bits per heavy atom. The molecule has 0 bridgehead atoms. The van der Waals surface area contributed by atoms with Crippen LogP contribution in [0.5, 0.6) is 0 Å². The molecule has 0 saturated carbocycles. The molecule has 1 unspecified atom stereocenters. The number of fused-ring (bicyclic) bond motifs is 1. The lowest BCUT2D eigenvalue weighted by atomic mass is 10.1. The first kappa shape index (κ1) is 13.1. The molecule has 0 aliphatic rings. The van der Waals surface area contributed by atoms with Crippen LogP contribution in [0.3, 0.4) is 0 Å². The van der Waals surface area contributed by atoms with Gasteiger partial charge in [0.25, 0.3) is 0 Å². The Bertz CT molecular complexity index is 487. The average molecular weight is 245 g/mol. The first-order chi connectivity index (χ1) is 8.66. The first-order valence-corrected chi connectivity index (χ1v) is 6.60. The van der Waals surface area contributed by atoms with Gasteiger partial charge in [0.05, 0.1) is 0 Å². The zero-order valence-electron chi connectivity index (χ0n) is 11.5. The molecule has 1 atom stereocenters. The SMILES string of the molecule is CC(CCN(C)C)NCc1c[nH]c2ccccc12. The van der Waals surface area contributed by atoms with Crippen LogP contribution >= 0.6 is 0 Å². The van der Waals surface area contributed by atoms with Gasteiger partial charge in [0.15, 0.2) is 0 Å². The molecule has 2 rings (SSSR count). The van der Waals surface area contributed by atoms with E-state index in [0.717, 1.165) is 13.1 Å². The number of rotatable bonds is 6. The molecule has 18 heavy (non-hydrogen) atoms. The van der Waals surface area contributed by atoms with Gasteiger partial charge in [0.1, 0.15) is 0 Å². The molecule has 1 aromatic carbocycles. The predicted molar refractivity (Wildman–Crippen MR) is 77.8 cm³/mol. The Balaban J connectivity index is 1.90. The molecule has 98 valence electrons. The van der Waals surface area contributed by atoms with Crippen LogP contribution in [-0.2, 0) is 6.54 Å². The number of benzene rings is 1. The normalized spacial score (nSPS) is 13.3. The summed E-state index contributed by atoms with van der Waals surface area (Å²) in [6.45, 7) is 4.30. The number of para-hydroxylation sites is 1. The third-order valence-corrected chi connectivity index (χ3v) is 3.33. The first-order valence-electron chi connectivity index (χ1n) is 6.60. The molecule has 0 spiro atoms. The molecule has 0 saturated heterocycles. The highest BCUT2D eigenvalue weighted by atomic mass is 15.1. The van der Waals surface area contributed by atoms with Crippen molar-refractivity contribution in [2.24, 2.45) is 0 Å². The zero-order chi connectivity index (χ0) is 13.0. The summed E-state index contributed by atoms with van der Waals surface area (Å²) in [7, 11) is 4.23. The number of aromatic amines is 1. The predicted octanol–water partition coefficient (Wildman–Crippen LogP) is 2.60. The van der Waals surface area contributed by atoms with E-state index in [1.165, 1.54) is 22.9 Å². The standard InChI is InChI=1S/C15H23N3/c1-12(8-9-18(2)3)16-10-13-11-17-15-7-5-4-6-14(13)15/h4-7,11-12,16-17H,8-10H2,1-3H3. The van der Waals surface area contributed by atoms with Crippen molar-refractivity contribution in [1.82, 2.24) is 15.2 Å². The Kier molecular flexibility index (Phi) is 4.39. The van der Waals surface area contributed by atoms with Gasteiger partial charge in [0, 0.05) is 29.7 Å². The van der Waals surface area contributed by atoms with Gasteiger partial charge in [-0.15, -0.1) is 0 Å². The molecule has 0 amide bonds. The van der Waals surface area contributed by atoms with Gasteiger partial charge in [0.2, 0.25) is 0 Å². The molecule has 0 radical (unpaired) electrons. The highest BCUT2D eigenvalue weighted by Crippen LogP contribution is 2.17. The quantitative estimate of drug-likeness (QED) is 0.819. The van der Waals surface area contributed by atoms with Gasteiger partial charge < -0.3 is 15.2 Å². The fraction of sp³-hybridized carbons (Fsp3) is 0.467. The van der Waals surface area contributed by atoms with Crippen LogP contribution < -0.4 is 5.32 Å². The van der Waals surface area contributed by atoms with E-state index in [9.17, 15) is 0 Å². The van der Waals surface area contributed by atoms with Gasteiger partial charge in [-0.05, 0) is 45.6 Å². The number of aromatic nitrogens is 1. The summed E-state index contributed by atoms with van der Waals surface area (Å²) in [5, 5.41) is 4.91. The molecule has 3 nitrogen and oxygen atoms in total. The molecule has 0 aliphatic carbocycles. The van der Waals surface area contributed by atoms with Crippen molar-refractivity contribution in [1.29, 1.82) is 0 Å². The molecule has 0 aliphatic heterocycles. The minimum Gasteiger partial charge on any atom is -0.361 e. The van der Waals surface area contributed by atoms with Crippen LogP contribution in [0, 0.1) is 0 Å². The maximum Gasteiger partial charge on any atom is 0.0457 e. The highest BCUT2D eigenvalue weighted by Gasteiger charge is 2.05. The van der Waals surface area contributed by atoms with Crippen molar-refractivity contribution in [3.8, 4) is 0 Å². The van der Waals surface area contributed by atoms with Crippen LogP contribution in [-0.4, -0.2) is 36.6 Å². The van der Waals surface area contributed by atoms with Gasteiger partial charge in [-0.3, -0.25) is 0 Å². The summed E-state index contributed by atoms with van der Waals surface area (Å²) in [5.41, 5.74) is 2.57. The van der Waals surface area contributed by atoms with E-state index in [4.69, 9.17) is 0 Å². The van der Waals surface area contributed by atoms with Crippen LogP contribution in [0.1, 0.15) is 18.9 Å². The van der Waals surface area contributed by atoms with E-state index in [1.54, 1.807) is 0 Å². The minimum absolute atomic E-state index is 0.543. The van der Waals surface area contributed by atoms with E-state index in [0.29, 0.717) is 6.04 Å². The van der Waals surface area contributed by atoms with Crippen LogP contribution in [0.25, 0.3) is 10.9 Å². The third kappa shape index (κ3) is 3.34. The molecule has 0 fully saturated rings. The molecule has 2 N–H and O–H groups in total. The van der Waals surface area contributed by atoms with Gasteiger partial charge in [-0.1, -0.05) is 18.2 Å². The molecule has 1 aromatic heterocycles. The van der Waals surface area contributed by atoms with E-state index >= 15 is 0 Å². The number of hydrogen-bond donors (Lipinski definition) is 2. The second-order valence-corrected chi connectivity index (χ2v) is 5.23. The third-order valence-electron chi connectivity index (χ3n) is 3.33. The van der Waals surface area contributed by atoms with Crippen LogP contribution in [0.15, 0.2) is 30.5 Å². The topological polar surface area (TPSA) is 31.1 Å². The second-order valence-electron chi connectivity index (χ2n) is 5.23. The van der Waals surface area contributed by atoms with E-state index < -0.39 is 0 Å². The van der Waals surface area contributed by atoms with Crippen molar-refractivity contribution in [3.63, 3.8) is 0 Å². The fourth-order valence-electron chi connectivity index (χ4n) is 2.12. The van der Waals surface area contributed by atoms with Crippen molar-refractivity contribution in [3.05, 3.63) is 36.0 Å². The Hall–Kier alpha value is -1.32. The van der Waals surface area contributed by atoms with Crippen molar-refractivity contribution < 1.29 is 0 Å². The number of nitrogens with zero attached hydrogens (tertiary/aromatic N) is 1. The lowest BCUT2D eigenvalue weighted by Gasteiger charge is -2.16. The molecular weight excluding hydrogens is 222 g/mol. The van der Waals surface area contributed by atoms with E-state index in [-0.39, 0.29) is 0 Å². The van der Waals surface area contributed by atoms with Crippen LogP contribution in [0.2, 0.25) is 0 Å². The molecule has 1 heterocycles. The highest BCUT2D eigenvalue weighted by molar-refractivity contribution is 5.82. The average Bonchev–Trinajstić information content (AvgIpc) is 2.77. The molecule has 3 heteroatoms. The largest absolute Gasteiger partial charge is 0.361 e. The summed E-state index contributed by atoms with van der Waals surface area (Å²) in [6, 6.07) is 8.99. The zero-order valence-corrected chi connectivity index (χ0v) is 11.5. The summed E-state index contributed by atoms with van der Waals surface area (Å²) >= 11 is 0. The summed E-state index contributed by atoms with van der Waals surface area (Å²) in [6.07, 6.45) is 3.28. The van der Waals surface area contributed by atoms with Crippen LogP contribution in [0.4, 0.5) is 0 Å². The summed E-state index contributed by atoms with van der Waals surface area (Å²) < 4.78 is 0. The molecular formula is C15H23N3. The van der Waals surface area contributed by atoms with E-state index in [1.807, 2.05) is 0 Å². The summed E-state index contributed by atoms with van der Waals surface area (Å²) in [5.74, 6) is 0. The van der Waals surface area contributed by atoms with Crippen molar-refractivity contribution in [2.45, 2.75) is 25.9 Å². The van der Waals surface area contributed by atoms with E-state index in [2.05, 4.69) is 66.7 Å². The Morgan fingerprint density at radius 1 is 1.28 bits per heavy atom. The van der Waals surface area contributed by atoms with Gasteiger partial charge in [-0.2, -0.15) is 0 Å². The fourth-order valence-corrected chi connectivity index (χ4v) is 2.12. The number of H-pyrrole nitrogens is 1. The smallest absolute Gasteiger partial charge is 0.0457 e. The Morgan fingerprint density at radius 3 is 2.83 bits per heavy atom. The van der Waals surface area contributed by atoms with Gasteiger partial charge in [-0.25, -0.2) is 0 Å². The van der Waals surface area contributed by atoms with Crippen molar-refractivity contribution >= 4 is 10.9 Å². The minimum atomic E-state index is 0.543. The maximum absolute atomic E-state index is 3.59. The lowest BCUT2D eigenvalue weighted by Crippen LogP contribution is -2.29. The summed E-state index contributed by atoms with van der Waals surface area (Å²) in [4.78, 5) is 5.54. The lowest BCUT2D eigenvalue weighted by molar-refractivity contribution is 0.366. The van der Waals surface area contributed by atoms with Crippen molar-refractivity contribution in [2.75, 3.05) is 20.6 Å².